The van der Waals surface area contributed by atoms with Crippen molar-refractivity contribution in [3.8, 4) is 0 Å². The maximum atomic E-state index is 12.8. The SMILES string of the molecule is Cc1ccc(N(C)C(=O)C2NN=C(C(=O)OCc3ccccc3)C2C=O)cc1. The molecule has 7 nitrogen and oxygen atoms in total. The fourth-order valence-corrected chi connectivity index (χ4v) is 2.89. The van der Waals surface area contributed by atoms with Gasteiger partial charge >= 0.3 is 5.97 Å². The van der Waals surface area contributed by atoms with Gasteiger partial charge in [-0.3, -0.25) is 10.2 Å². The maximum Gasteiger partial charge on any atom is 0.355 e. The first-order valence-electron chi connectivity index (χ1n) is 8.85. The summed E-state index contributed by atoms with van der Waals surface area (Å²) in [6.45, 7) is 2.01. The van der Waals surface area contributed by atoms with Gasteiger partial charge in [-0.1, -0.05) is 48.0 Å². The summed E-state index contributed by atoms with van der Waals surface area (Å²) in [6, 6.07) is 15.6. The fourth-order valence-electron chi connectivity index (χ4n) is 2.89. The summed E-state index contributed by atoms with van der Waals surface area (Å²) in [6.07, 6.45) is 0.550. The van der Waals surface area contributed by atoms with E-state index in [9.17, 15) is 14.4 Å². The number of esters is 1. The van der Waals surface area contributed by atoms with Crippen molar-refractivity contribution in [2.75, 3.05) is 11.9 Å². The van der Waals surface area contributed by atoms with Gasteiger partial charge in [-0.15, -0.1) is 0 Å². The van der Waals surface area contributed by atoms with Crippen molar-refractivity contribution in [3.05, 3.63) is 65.7 Å². The molecule has 0 saturated carbocycles. The van der Waals surface area contributed by atoms with Gasteiger partial charge in [0.2, 0.25) is 0 Å². The summed E-state index contributed by atoms with van der Waals surface area (Å²) in [5.74, 6) is -2.10. The first-order chi connectivity index (χ1) is 13.5. The zero-order valence-electron chi connectivity index (χ0n) is 15.7. The molecule has 1 aliphatic rings. The van der Waals surface area contributed by atoms with Gasteiger partial charge in [0.15, 0.2) is 5.71 Å². The van der Waals surface area contributed by atoms with E-state index in [0.717, 1.165) is 11.1 Å². The van der Waals surface area contributed by atoms with Gasteiger partial charge in [-0.25, -0.2) is 4.79 Å². The molecule has 0 aliphatic carbocycles. The summed E-state index contributed by atoms with van der Waals surface area (Å²) in [5, 5.41) is 3.91. The molecule has 0 fully saturated rings. The number of ether oxygens (including phenoxy) is 1. The van der Waals surface area contributed by atoms with Crippen LogP contribution in [-0.4, -0.2) is 37.0 Å². The van der Waals surface area contributed by atoms with Crippen LogP contribution >= 0.6 is 0 Å². The molecule has 3 rings (SSSR count). The van der Waals surface area contributed by atoms with Crippen molar-refractivity contribution in [2.24, 2.45) is 11.0 Å². The molecule has 0 saturated heterocycles. The molecular weight excluding hydrogens is 358 g/mol. The Bertz CT molecular complexity index is 894. The van der Waals surface area contributed by atoms with Crippen LogP contribution < -0.4 is 10.3 Å². The van der Waals surface area contributed by atoms with E-state index in [2.05, 4.69) is 10.5 Å². The Morgan fingerprint density at radius 2 is 1.82 bits per heavy atom. The highest BCUT2D eigenvalue weighted by atomic mass is 16.5. The number of nitrogens with one attached hydrogen (secondary N) is 1. The minimum absolute atomic E-state index is 0.0617. The molecule has 144 valence electrons. The summed E-state index contributed by atoms with van der Waals surface area (Å²) >= 11 is 0. The third kappa shape index (κ3) is 4.09. The van der Waals surface area contributed by atoms with Gasteiger partial charge in [-0.2, -0.15) is 5.10 Å². The van der Waals surface area contributed by atoms with Crippen LogP contribution in [0.25, 0.3) is 0 Å². The number of hydrazone groups is 1. The average molecular weight is 379 g/mol. The highest BCUT2D eigenvalue weighted by Crippen LogP contribution is 2.20. The largest absolute Gasteiger partial charge is 0.456 e. The molecule has 0 radical (unpaired) electrons. The second-order valence-corrected chi connectivity index (χ2v) is 6.56. The molecule has 2 atom stereocenters. The maximum absolute atomic E-state index is 12.8. The highest BCUT2D eigenvalue weighted by molar-refractivity contribution is 6.41. The summed E-state index contributed by atoms with van der Waals surface area (Å²) in [4.78, 5) is 38.2. The Hall–Kier alpha value is -3.48. The van der Waals surface area contributed by atoms with Crippen LogP contribution in [0.3, 0.4) is 0 Å². The number of amides is 1. The Morgan fingerprint density at radius 3 is 2.46 bits per heavy atom. The predicted molar refractivity (Wildman–Crippen MR) is 105 cm³/mol. The minimum atomic E-state index is -1.01. The van der Waals surface area contributed by atoms with Gasteiger partial charge in [0.05, 0.1) is 5.92 Å². The van der Waals surface area contributed by atoms with Crippen LogP contribution in [0, 0.1) is 12.8 Å². The lowest BCUT2D eigenvalue weighted by Crippen LogP contribution is -2.47. The number of carbonyl (C=O) groups is 3. The molecule has 2 aromatic rings. The van der Waals surface area contributed by atoms with E-state index < -0.39 is 17.9 Å². The summed E-state index contributed by atoms with van der Waals surface area (Å²) < 4.78 is 5.24. The number of aldehydes is 1. The molecule has 2 unspecified atom stereocenters. The van der Waals surface area contributed by atoms with Gasteiger partial charge in [0.1, 0.15) is 18.9 Å². The van der Waals surface area contributed by atoms with E-state index in [1.165, 1.54) is 4.90 Å². The molecule has 1 heterocycles. The van der Waals surface area contributed by atoms with Gasteiger partial charge in [-0.05, 0) is 24.6 Å². The lowest BCUT2D eigenvalue weighted by molar-refractivity contribution is -0.137. The lowest BCUT2D eigenvalue weighted by Gasteiger charge is -2.23. The monoisotopic (exact) mass is 379 g/mol. The van der Waals surface area contributed by atoms with E-state index in [0.29, 0.717) is 12.0 Å². The minimum Gasteiger partial charge on any atom is -0.456 e. The molecule has 7 heteroatoms. The number of hydrogen-bond acceptors (Lipinski definition) is 6. The van der Waals surface area contributed by atoms with Crippen molar-refractivity contribution in [2.45, 2.75) is 19.6 Å². The summed E-state index contributed by atoms with van der Waals surface area (Å²) in [7, 11) is 1.61. The van der Waals surface area contributed by atoms with Crippen molar-refractivity contribution in [1.29, 1.82) is 0 Å². The number of hydrogen-bond donors (Lipinski definition) is 1. The lowest BCUT2D eigenvalue weighted by atomic mass is 9.96. The van der Waals surface area contributed by atoms with Gasteiger partial charge < -0.3 is 14.4 Å². The summed E-state index contributed by atoms with van der Waals surface area (Å²) in [5.41, 5.74) is 5.09. The molecular formula is C21H21N3O4. The second kappa shape index (κ2) is 8.47. The third-order valence-corrected chi connectivity index (χ3v) is 4.59. The molecule has 28 heavy (non-hydrogen) atoms. The van der Waals surface area contributed by atoms with E-state index in [4.69, 9.17) is 4.74 Å². The Labute approximate surface area is 163 Å². The van der Waals surface area contributed by atoms with Crippen LogP contribution in [0.2, 0.25) is 0 Å². The Balaban J connectivity index is 1.66. The van der Waals surface area contributed by atoms with Crippen molar-refractivity contribution in [3.63, 3.8) is 0 Å². The van der Waals surface area contributed by atoms with E-state index >= 15 is 0 Å². The van der Waals surface area contributed by atoms with E-state index in [-0.39, 0.29) is 18.2 Å². The molecule has 1 aliphatic heterocycles. The topological polar surface area (TPSA) is 88.1 Å². The Kier molecular flexibility index (Phi) is 5.84. The van der Waals surface area contributed by atoms with Gasteiger partial charge in [0, 0.05) is 12.7 Å². The number of nitrogens with zero attached hydrogens (tertiary/aromatic N) is 2. The fraction of sp³-hybridized carbons (Fsp3) is 0.238. The molecule has 0 bridgehead atoms. The van der Waals surface area contributed by atoms with E-state index in [1.54, 1.807) is 7.05 Å². The normalized spacial score (nSPS) is 18.0. The Morgan fingerprint density at radius 1 is 1.14 bits per heavy atom. The van der Waals surface area contributed by atoms with Crippen LogP contribution in [-0.2, 0) is 25.7 Å². The zero-order valence-corrected chi connectivity index (χ0v) is 15.7. The number of anilines is 1. The number of carbonyl (C=O) groups excluding carboxylic acids is 3. The number of benzene rings is 2. The standard InChI is InChI=1S/C21H21N3O4/c1-14-8-10-16(11-9-14)24(2)20(26)18-17(12-25)19(23-22-18)21(27)28-13-15-6-4-3-5-7-15/h3-12,17-18,22H,13H2,1-2H3. The smallest absolute Gasteiger partial charge is 0.355 e. The quantitative estimate of drug-likeness (QED) is 0.611. The second-order valence-electron chi connectivity index (χ2n) is 6.56. The van der Waals surface area contributed by atoms with Crippen LogP contribution in [0.5, 0.6) is 0 Å². The first kappa shape index (κ1) is 19.3. The number of aryl methyl sites for hydroxylation is 1. The predicted octanol–water partition coefficient (Wildman–Crippen LogP) is 1.84. The van der Waals surface area contributed by atoms with E-state index in [1.807, 2.05) is 61.5 Å². The zero-order chi connectivity index (χ0) is 20.1. The van der Waals surface area contributed by atoms with Crippen LogP contribution in [0.15, 0.2) is 59.7 Å². The van der Waals surface area contributed by atoms with Crippen molar-refractivity contribution >= 4 is 29.6 Å². The number of rotatable bonds is 6. The number of likely N-dealkylation sites (N-methyl/N-ethyl adjacent to an activating group) is 1. The van der Waals surface area contributed by atoms with Gasteiger partial charge in [0.25, 0.3) is 5.91 Å². The molecule has 0 aromatic heterocycles. The van der Waals surface area contributed by atoms with Crippen LogP contribution in [0.4, 0.5) is 5.69 Å². The molecule has 1 N–H and O–H groups in total. The average Bonchev–Trinajstić information content (AvgIpc) is 3.16. The molecule has 1 amide bonds. The highest BCUT2D eigenvalue weighted by Gasteiger charge is 2.42. The third-order valence-electron chi connectivity index (χ3n) is 4.59. The van der Waals surface area contributed by atoms with Crippen LogP contribution in [0.1, 0.15) is 11.1 Å². The molecule has 2 aromatic carbocycles. The first-order valence-corrected chi connectivity index (χ1v) is 8.85. The van der Waals surface area contributed by atoms with Crippen molar-refractivity contribution in [1.82, 2.24) is 5.43 Å². The van der Waals surface area contributed by atoms with Crippen molar-refractivity contribution < 1.29 is 19.1 Å². The molecule has 0 spiro atoms.